The second kappa shape index (κ2) is 4.44. The van der Waals surface area contributed by atoms with Crippen molar-refractivity contribution in [3.8, 4) is 11.5 Å². The van der Waals surface area contributed by atoms with Crippen molar-refractivity contribution < 1.29 is 4.79 Å². The summed E-state index contributed by atoms with van der Waals surface area (Å²) < 4.78 is 0. The molecule has 0 saturated carbocycles. The Balaban J connectivity index is 4.22. The highest BCUT2D eigenvalue weighted by Crippen LogP contribution is 1.99. The highest BCUT2D eigenvalue weighted by molar-refractivity contribution is 6.83. The van der Waals surface area contributed by atoms with Gasteiger partial charge >= 0.3 is 0 Å². The standard InChI is InChI=1S/C9H17NOSi/c1-8(7-11)9(10)5-6-12(2,3)4/h7-9H,10H2,1-4H3. The van der Waals surface area contributed by atoms with Crippen molar-refractivity contribution >= 4 is 14.4 Å². The zero-order valence-electron chi connectivity index (χ0n) is 8.22. The molecule has 0 saturated heterocycles. The van der Waals surface area contributed by atoms with Gasteiger partial charge in [0, 0.05) is 5.92 Å². The van der Waals surface area contributed by atoms with Crippen LogP contribution < -0.4 is 5.73 Å². The number of aldehydes is 1. The minimum Gasteiger partial charge on any atom is -0.317 e. The molecule has 0 amide bonds. The Hall–Kier alpha value is -0.593. The summed E-state index contributed by atoms with van der Waals surface area (Å²) in [6.07, 6.45) is 0.851. The molecular formula is C9H17NOSi. The highest BCUT2D eigenvalue weighted by atomic mass is 28.3. The first-order valence-corrected chi connectivity index (χ1v) is 7.60. The lowest BCUT2D eigenvalue weighted by Crippen LogP contribution is -2.28. The van der Waals surface area contributed by atoms with Crippen LogP contribution in [-0.4, -0.2) is 20.4 Å². The maximum Gasteiger partial charge on any atom is 0.129 e. The second-order valence-electron chi connectivity index (χ2n) is 4.04. The van der Waals surface area contributed by atoms with Gasteiger partial charge in [0.25, 0.3) is 0 Å². The van der Waals surface area contributed by atoms with E-state index in [1.807, 2.05) is 0 Å². The minimum absolute atomic E-state index is 0.158. The Morgan fingerprint density at radius 1 is 1.42 bits per heavy atom. The average molecular weight is 183 g/mol. The van der Waals surface area contributed by atoms with Crippen LogP contribution in [0, 0.1) is 17.4 Å². The van der Waals surface area contributed by atoms with Gasteiger partial charge in [-0.1, -0.05) is 32.5 Å². The molecule has 2 unspecified atom stereocenters. The molecule has 0 aliphatic carbocycles. The molecule has 0 aromatic rings. The zero-order valence-corrected chi connectivity index (χ0v) is 9.22. The largest absolute Gasteiger partial charge is 0.317 e. The van der Waals surface area contributed by atoms with Gasteiger partial charge in [-0.2, -0.15) is 0 Å². The van der Waals surface area contributed by atoms with Crippen molar-refractivity contribution in [2.75, 3.05) is 0 Å². The van der Waals surface area contributed by atoms with E-state index in [0.29, 0.717) is 0 Å². The highest BCUT2D eigenvalue weighted by Gasteiger charge is 2.11. The van der Waals surface area contributed by atoms with Gasteiger partial charge in [0.15, 0.2) is 0 Å². The van der Waals surface area contributed by atoms with E-state index in [-0.39, 0.29) is 12.0 Å². The fourth-order valence-corrected chi connectivity index (χ4v) is 1.12. The van der Waals surface area contributed by atoms with Crippen molar-refractivity contribution in [1.82, 2.24) is 0 Å². The fraction of sp³-hybridized carbons (Fsp3) is 0.667. The van der Waals surface area contributed by atoms with Crippen LogP contribution in [0.1, 0.15) is 6.92 Å². The molecule has 0 radical (unpaired) electrons. The molecule has 0 spiro atoms. The Labute approximate surface area is 75.5 Å². The molecule has 0 bridgehead atoms. The summed E-state index contributed by atoms with van der Waals surface area (Å²) in [6, 6.07) is -0.297. The maximum atomic E-state index is 10.3. The van der Waals surface area contributed by atoms with Gasteiger partial charge in [0.1, 0.15) is 14.4 Å². The number of rotatable bonds is 2. The summed E-state index contributed by atoms with van der Waals surface area (Å²) in [5.41, 5.74) is 8.79. The predicted octanol–water partition coefficient (Wildman–Crippen LogP) is 1.03. The number of hydrogen-bond donors (Lipinski definition) is 1. The van der Waals surface area contributed by atoms with Gasteiger partial charge in [-0.3, -0.25) is 0 Å². The predicted molar refractivity (Wildman–Crippen MR) is 54.3 cm³/mol. The SMILES string of the molecule is CC(C=O)C(N)C#C[Si](C)(C)C. The Bertz CT molecular complexity index is 209. The summed E-state index contributed by atoms with van der Waals surface area (Å²) in [6.45, 7) is 8.24. The maximum absolute atomic E-state index is 10.3. The van der Waals surface area contributed by atoms with Crippen LogP contribution in [0.25, 0.3) is 0 Å². The smallest absolute Gasteiger partial charge is 0.129 e. The lowest BCUT2D eigenvalue weighted by atomic mass is 10.1. The molecule has 2 nitrogen and oxygen atoms in total. The Kier molecular flexibility index (Phi) is 4.22. The summed E-state index contributed by atoms with van der Waals surface area (Å²) in [4.78, 5) is 10.3. The second-order valence-corrected chi connectivity index (χ2v) is 8.79. The third-order valence-electron chi connectivity index (χ3n) is 1.39. The van der Waals surface area contributed by atoms with Crippen LogP contribution in [0.2, 0.25) is 19.6 Å². The van der Waals surface area contributed by atoms with Crippen LogP contribution in [0.3, 0.4) is 0 Å². The molecular weight excluding hydrogens is 166 g/mol. The van der Waals surface area contributed by atoms with E-state index in [9.17, 15) is 4.79 Å². The topological polar surface area (TPSA) is 43.1 Å². The molecule has 0 rings (SSSR count). The third kappa shape index (κ3) is 5.11. The molecule has 2 atom stereocenters. The van der Waals surface area contributed by atoms with E-state index in [0.717, 1.165) is 6.29 Å². The molecule has 0 heterocycles. The molecule has 0 aliphatic rings. The molecule has 0 aromatic carbocycles. The normalized spacial score (nSPS) is 15.8. The van der Waals surface area contributed by atoms with Crippen LogP contribution >= 0.6 is 0 Å². The van der Waals surface area contributed by atoms with Crippen molar-refractivity contribution in [2.24, 2.45) is 11.7 Å². The molecule has 68 valence electrons. The van der Waals surface area contributed by atoms with Gasteiger partial charge in [-0.05, 0) is 0 Å². The van der Waals surface area contributed by atoms with Gasteiger partial charge in [0.2, 0.25) is 0 Å². The monoisotopic (exact) mass is 183 g/mol. The molecule has 12 heavy (non-hydrogen) atoms. The zero-order chi connectivity index (χ0) is 9.78. The third-order valence-corrected chi connectivity index (χ3v) is 2.29. The van der Waals surface area contributed by atoms with E-state index in [2.05, 4.69) is 31.1 Å². The quantitative estimate of drug-likeness (QED) is 0.395. The summed E-state index contributed by atoms with van der Waals surface area (Å²) in [7, 11) is -1.34. The van der Waals surface area contributed by atoms with Gasteiger partial charge in [0.05, 0.1) is 6.04 Å². The van der Waals surface area contributed by atoms with E-state index < -0.39 is 8.07 Å². The minimum atomic E-state index is -1.34. The molecule has 2 N–H and O–H groups in total. The number of nitrogens with two attached hydrogens (primary N) is 1. The van der Waals surface area contributed by atoms with Crippen LogP contribution in [0.4, 0.5) is 0 Å². The summed E-state index contributed by atoms with van der Waals surface area (Å²) in [5.74, 6) is 2.77. The van der Waals surface area contributed by atoms with Crippen molar-refractivity contribution in [2.45, 2.75) is 32.6 Å². The van der Waals surface area contributed by atoms with Crippen molar-refractivity contribution in [1.29, 1.82) is 0 Å². The number of carbonyl (C=O) groups excluding carboxylic acids is 1. The van der Waals surface area contributed by atoms with E-state index >= 15 is 0 Å². The summed E-state index contributed by atoms with van der Waals surface area (Å²) >= 11 is 0. The van der Waals surface area contributed by atoms with E-state index in [1.54, 1.807) is 6.92 Å². The van der Waals surface area contributed by atoms with Crippen LogP contribution in [-0.2, 0) is 4.79 Å². The first kappa shape index (κ1) is 11.4. The van der Waals surface area contributed by atoms with Crippen LogP contribution in [0.5, 0.6) is 0 Å². The molecule has 0 aliphatic heterocycles. The average Bonchev–Trinajstić information content (AvgIpc) is 1.97. The van der Waals surface area contributed by atoms with E-state index in [1.165, 1.54) is 0 Å². The lowest BCUT2D eigenvalue weighted by Gasteiger charge is -2.08. The van der Waals surface area contributed by atoms with Gasteiger partial charge in [-0.15, -0.1) is 5.54 Å². The fourth-order valence-electron chi connectivity index (χ4n) is 0.516. The number of carbonyl (C=O) groups is 1. The number of hydrogen-bond acceptors (Lipinski definition) is 2. The van der Waals surface area contributed by atoms with Crippen molar-refractivity contribution in [3.05, 3.63) is 0 Å². The molecule has 0 aromatic heterocycles. The van der Waals surface area contributed by atoms with Gasteiger partial charge in [-0.25, -0.2) is 0 Å². The molecule has 0 fully saturated rings. The Morgan fingerprint density at radius 2 is 1.92 bits per heavy atom. The van der Waals surface area contributed by atoms with Crippen molar-refractivity contribution in [3.63, 3.8) is 0 Å². The lowest BCUT2D eigenvalue weighted by molar-refractivity contribution is -0.110. The Morgan fingerprint density at radius 3 is 2.25 bits per heavy atom. The first-order valence-electron chi connectivity index (χ1n) is 4.10. The summed E-state index contributed by atoms with van der Waals surface area (Å²) in [5, 5.41) is 0. The van der Waals surface area contributed by atoms with Gasteiger partial charge < -0.3 is 10.5 Å². The van der Waals surface area contributed by atoms with E-state index in [4.69, 9.17) is 5.73 Å². The first-order chi connectivity index (χ1) is 5.37. The van der Waals surface area contributed by atoms with Crippen LogP contribution in [0.15, 0.2) is 0 Å². The molecule has 3 heteroatoms.